The number of phenolic OH excluding ortho intramolecular Hbond substituents is 1. The molecule has 1 aromatic carbocycles. The van der Waals surface area contributed by atoms with Crippen molar-refractivity contribution >= 4 is 22.9 Å². The first kappa shape index (κ1) is 13.4. The van der Waals surface area contributed by atoms with Gasteiger partial charge in [0.2, 0.25) is 0 Å². The topological polar surface area (TPSA) is 32.3 Å². The van der Waals surface area contributed by atoms with E-state index in [0.29, 0.717) is 5.75 Å². The lowest BCUT2D eigenvalue weighted by Gasteiger charge is -2.18. The highest BCUT2D eigenvalue weighted by Gasteiger charge is 2.12. The van der Waals surface area contributed by atoms with E-state index in [9.17, 15) is 5.11 Å². The molecule has 0 amide bonds. The Labute approximate surface area is 116 Å². The molecule has 96 valence electrons. The third-order valence-electron chi connectivity index (χ3n) is 2.87. The summed E-state index contributed by atoms with van der Waals surface area (Å²) in [5.41, 5.74) is 0.947. The number of halogens is 1. The van der Waals surface area contributed by atoms with Crippen molar-refractivity contribution in [3.8, 4) is 5.75 Å². The molecule has 0 fully saturated rings. The predicted octanol–water partition coefficient (Wildman–Crippen LogP) is 4.35. The lowest BCUT2D eigenvalue weighted by molar-refractivity contribution is 0.441. The van der Waals surface area contributed by atoms with E-state index in [2.05, 4.69) is 12.2 Å². The average molecular weight is 282 g/mol. The highest BCUT2D eigenvalue weighted by molar-refractivity contribution is 7.16. The molecule has 4 heteroatoms. The number of aromatic hydroxyl groups is 1. The highest BCUT2D eigenvalue weighted by Crippen LogP contribution is 2.27. The van der Waals surface area contributed by atoms with Crippen LogP contribution in [0.15, 0.2) is 36.4 Å². The number of rotatable bonds is 5. The van der Waals surface area contributed by atoms with Crippen molar-refractivity contribution in [2.24, 2.45) is 0 Å². The van der Waals surface area contributed by atoms with Crippen LogP contribution in [0.1, 0.15) is 29.8 Å². The van der Waals surface area contributed by atoms with Crippen molar-refractivity contribution < 1.29 is 5.11 Å². The Bertz CT molecular complexity index is 512. The van der Waals surface area contributed by atoms with Crippen LogP contribution in [-0.4, -0.2) is 5.11 Å². The Hall–Kier alpha value is -1.03. The van der Waals surface area contributed by atoms with Gasteiger partial charge in [-0.2, -0.15) is 0 Å². The van der Waals surface area contributed by atoms with Crippen LogP contribution in [0.2, 0.25) is 4.34 Å². The van der Waals surface area contributed by atoms with Crippen molar-refractivity contribution in [3.63, 3.8) is 0 Å². The monoisotopic (exact) mass is 281 g/mol. The van der Waals surface area contributed by atoms with Crippen molar-refractivity contribution in [2.45, 2.75) is 25.9 Å². The van der Waals surface area contributed by atoms with Crippen LogP contribution in [0.5, 0.6) is 5.75 Å². The Balaban J connectivity index is 2.04. The molecule has 0 bridgehead atoms. The van der Waals surface area contributed by atoms with Crippen LogP contribution in [-0.2, 0) is 6.54 Å². The maximum atomic E-state index is 9.85. The van der Waals surface area contributed by atoms with E-state index in [0.717, 1.165) is 22.9 Å². The number of hydrogen-bond acceptors (Lipinski definition) is 3. The number of phenols is 1. The molecule has 2 rings (SSSR count). The molecule has 0 radical (unpaired) electrons. The summed E-state index contributed by atoms with van der Waals surface area (Å²) in [5.74, 6) is 0.348. The summed E-state index contributed by atoms with van der Waals surface area (Å²) in [6.07, 6.45) is 0.927. The minimum absolute atomic E-state index is 0.159. The van der Waals surface area contributed by atoms with Crippen LogP contribution in [0.25, 0.3) is 0 Å². The molecular formula is C14H16ClNOS. The molecule has 0 saturated carbocycles. The van der Waals surface area contributed by atoms with Crippen LogP contribution in [0, 0.1) is 0 Å². The highest BCUT2D eigenvalue weighted by atomic mass is 35.5. The maximum Gasteiger partial charge on any atom is 0.120 e. The van der Waals surface area contributed by atoms with Crippen LogP contribution >= 0.6 is 22.9 Å². The van der Waals surface area contributed by atoms with Crippen LogP contribution in [0.4, 0.5) is 0 Å². The third-order valence-corrected chi connectivity index (χ3v) is 4.10. The molecule has 2 aromatic rings. The van der Waals surface area contributed by atoms with Gasteiger partial charge in [0.15, 0.2) is 0 Å². The summed E-state index contributed by atoms with van der Waals surface area (Å²) in [5, 5.41) is 13.3. The summed E-state index contributed by atoms with van der Waals surface area (Å²) < 4.78 is 0.808. The molecule has 0 aliphatic heterocycles. The summed E-state index contributed by atoms with van der Waals surface area (Å²) >= 11 is 7.48. The fourth-order valence-corrected chi connectivity index (χ4v) is 2.97. The van der Waals surface area contributed by atoms with Crippen molar-refractivity contribution in [3.05, 3.63) is 51.2 Å². The first-order valence-corrected chi connectivity index (χ1v) is 7.15. The second-order valence-corrected chi connectivity index (χ2v) is 5.91. The van der Waals surface area contributed by atoms with Gasteiger partial charge in [-0.05, 0) is 24.6 Å². The first-order chi connectivity index (χ1) is 8.70. The molecule has 1 unspecified atom stereocenters. The molecule has 0 saturated heterocycles. The van der Waals surface area contributed by atoms with Crippen molar-refractivity contribution in [1.29, 1.82) is 0 Å². The molecule has 0 aliphatic rings. The molecule has 2 nitrogen and oxygen atoms in total. The van der Waals surface area contributed by atoms with Gasteiger partial charge in [-0.25, -0.2) is 0 Å². The van der Waals surface area contributed by atoms with E-state index in [4.69, 9.17) is 11.6 Å². The zero-order valence-corrected chi connectivity index (χ0v) is 11.8. The molecule has 0 aliphatic carbocycles. The second-order valence-electron chi connectivity index (χ2n) is 4.11. The minimum atomic E-state index is 0.159. The standard InChI is InChI=1S/C14H16ClNOS/c1-2-12(11-5-3-4-6-13(11)17)16-9-10-7-8-14(15)18-10/h3-8,12,16-17H,2,9H2,1H3. The zero-order chi connectivity index (χ0) is 13.0. The number of thiophene rings is 1. The lowest BCUT2D eigenvalue weighted by Crippen LogP contribution is -2.19. The fraction of sp³-hybridized carbons (Fsp3) is 0.286. The van der Waals surface area contributed by atoms with Gasteiger partial charge < -0.3 is 10.4 Å². The maximum absolute atomic E-state index is 9.85. The number of para-hydroxylation sites is 1. The second kappa shape index (κ2) is 6.23. The first-order valence-electron chi connectivity index (χ1n) is 5.96. The largest absolute Gasteiger partial charge is 0.508 e. The van der Waals surface area contributed by atoms with E-state index in [1.54, 1.807) is 17.4 Å². The Morgan fingerprint density at radius 2 is 2.06 bits per heavy atom. The summed E-state index contributed by atoms with van der Waals surface area (Å²) in [4.78, 5) is 1.20. The van der Waals surface area contributed by atoms with Gasteiger partial charge in [0.25, 0.3) is 0 Å². The van der Waals surface area contributed by atoms with E-state index in [1.165, 1.54) is 4.88 Å². The van der Waals surface area contributed by atoms with Gasteiger partial charge in [-0.3, -0.25) is 0 Å². The van der Waals surface area contributed by atoms with Gasteiger partial charge in [0.05, 0.1) is 4.34 Å². The number of benzene rings is 1. The average Bonchev–Trinajstić information content (AvgIpc) is 2.78. The summed E-state index contributed by atoms with van der Waals surface area (Å²) in [6, 6.07) is 11.6. The summed E-state index contributed by atoms with van der Waals surface area (Å²) in [6.45, 7) is 2.87. The molecule has 1 aromatic heterocycles. The predicted molar refractivity (Wildman–Crippen MR) is 77.3 cm³/mol. The molecule has 18 heavy (non-hydrogen) atoms. The van der Waals surface area contributed by atoms with Gasteiger partial charge in [0, 0.05) is 23.0 Å². The molecular weight excluding hydrogens is 266 g/mol. The molecule has 2 N–H and O–H groups in total. The zero-order valence-electron chi connectivity index (χ0n) is 10.2. The van der Waals surface area contributed by atoms with E-state index < -0.39 is 0 Å². The summed E-state index contributed by atoms with van der Waals surface area (Å²) in [7, 11) is 0. The van der Waals surface area contributed by atoms with Gasteiger partial charge in [-0.1, -0.05) is 36.7 Å². The fourth-order valence-electron chi connectivity index (χ4n) is 1.93. The molecule has 1 heterocycles. The quantitative estimate of drug-likeness (QED) is 0.854. The number of hydrogen-bond donors (Lipinski definition) is 2. The van der Waals surface area contributed by atoms with Crippen molar-refractivity contribution in [1.82, 2.24) is 5.32 Å². The van der Waals surface area contributed by atoms with E-state index in [1.807, 2.05) is 30.3 Å². The third kappa shape index (κ3) is 3.25. The Kier molecular flexibility index (Phi) is 4.64. The molecule has 1 atom stereocenters. The van der Waals surface area contributed by atoms with Crippen molar-refractivity contribution in [2.75, 3.05) is 0 Å². The molecule has 0 spiro atoms. The smallest absolute Gasteiger partial charge is 0.120 e. The van der Waals surface area contributed by atoms with E-state index >= 15 is 0 Å². The lowest BCUT2D eigenvalue weighted by atomic mass is 10.0. The number of nitrogens with one attached hydrogen (secondary N) is 1. The van der Waals surface area contributed by atoms with E-state index in [-0.39, 0.29) is 6.04 Å². The minimum Gasteiger partial charge on any atom is -0.508 e. The van der Waals surface area contributed by atoms with Gasteiger partial charge >= 0.3 is 0 Å². The van der Waals surface area contributed by atoms with Crippen LogP contribution < -0.4 is 5.32 Å². The SMILES string of the molecule is CCC(NCc1ccc(Cl)s1)c1ccccc1O. The Morgan fingerprint density at radius 3 is 2.67 bits per heavy atom. The van der Waals surface area contributed by atoms with Gasteiger partial charge in [-0.15, -0.1) is 11.3 Å². The van der Waals surface area contributed by atoms with Crippen LogP contribution in [0.3, 0.4) is 0 Å². The normalized spacial score (nSPS) is 12.6. The van der Waals surface area contributed by atoms with Gasteiger partial charge in [0.1, 0.15) is 5.75 Å². The Morgan fingerprint density at radius 1 is 1.28 bits per heavy atom.